The summed E-state index contributed by atoms with van der Waals surface area (Å²) in [5, 5.41) is 3.20. The van der Waals surface area contributed by atoms with Crippen LogP contribution < -0.4 is 5.32 Å². The molecule has 25 heavy (non-hydrogen) atoms. The third-order valence-corrected chi connectivity index (χ3v) is 6.45. The molecule has 1 aromatic carbocycles. The molecule has 6 nitrogen and oxygen atoms in total. The van der Waals surface area contributed by atoms with Gasteiger partial charge in [-0.25, -0.2) is 8.42 Å². The Morgan fingerprint density at radius 2 is 1.88 bits per heavy atom. The van der Waals surface area contributed by atoms with Crippen LogP contribution in [0.3, 0.4) is 0 Å². The maximum absolute atomic E-state index is 13.1. The van der Waals surface area contributed by atoms with Gasteiger partial charge >= 0.3 is 0 Å². The lowest BCUT2D eigenvalue weighted by Crippen LogP contribution is -2.50. The number of nitrogens with one attached hydrogen (secondary N) is 1. The van der Waals surface area contributed by atoms with Crippen molar-refractivity contribution in [1.82, 2.24) is 14.5 Å². The number of rotatable bonds is 7. The van der Waals surface area contributed by atoms with E-state index in [1.165, 1.54) is 4.31 Å². The second-order valence-corrected chi connectivity index (χ2v) is 8.82. The number of hydrogen-bond donors (Lipinski definition) is 1. The lowest BCUT2D eigenvalue weighted by atomic mass is 10.1. The molecule has 0 bridgehead atoms. The molecule has 7 heteroatoms. The number of nitrogens with zero attached hydrogens (tertiary/aromatic N) is 2. The molecule has 0 aromatic heterocycles. The van der Waals surface area contributed by atoms with Crippen molar-refractivity contribution >= 4 is 15.9 Å². The average Bonchev–Trinajstić information content (AvgIpc) is 2.59. The van der Waals surface area contributed by atoms with Crippen LogP contribution in [-0.4, -0.2) is 62.8 Å². The summed E-state index contributed by atoms with van der Waals surface area (Å²) in [6.45, 7) is 8.90. The number of aryl methyl sites for hydroxylation is 1. The van der Waals surface area contributed by atoms with Crippen molar-refractivity contribution in [2.75, 3.05) is 39.3 Å². The van der Waals surface area contributed by atoms with E-state index in [4.69, 9.17) is 0 Å². The molecule has 2 rings (SSSR count). The third kappa shape index (κ3) is 5.26. The lowest BCUT2D eigenvalue weighted by Gasteiger charge is -2.30. The zero-order valence-corrected chi connectivity index (χ0v) is 16.2. The van der Waals surface area contributed by atoms with Crippen LogP contribution in [0.1, 0.15) is 25.8 Å². The molecule has 1 N–H and O–H groups in total. The number of amides is 1. The summed E-state index contributed by atoms with van der Waals surface area (Å²) >= 11 is 0. The van der Waals surface area contributed by atoms with Crippen LogP contribution in [-0.2, 0) is 14.8 Å². The molecule has 140 valence electrons. The highest BCUT2D eigenvalue weighted by atomic mass is 32.2. The zero-order chi connectivity index (χ0) is 18.4. The van der Waals surface area contributed by atoms with Crippen LogP contribution in [0.25, 0.3) is 0 Å². The van der Waals surface area contributed by atoms with Gasteiger partial charge in [-0.05, 0) is 30.9 Å². The van der Waals surface area contributed by atoms with Crippen molar-refractivity contribution in [2.45, 2.75) is 32.1 Å². The largest absolute Gasteiger partial charge is 0.339 e. The van der Waals surface area contributed by atoms with E-state index >= 15 is 0 Å². The molecular weight excluding hydrogens is 338 g/mol. The molecule has 0 spiro atoms. The Kier molecular flexibility index (Phi) is 6.98. The Hall–Kier alpha value is -1.44. The van der Waals surface area contributed by atoms with Crippen molar-refractivity contribution < 1.29 is 13.2 Å². The van der Waals surface area contributed by atoms with E-state index in [1.807, 2.05) is 6.07 Å². The fraction of sp³-hybridized carbons (Fsp3) is 0.611. The van der Waals surface area contributed by atoms with Crippen molar-refractivity contribution in [1.29, 1.82) is 0 Å². The topological polar surface area (TPSA) is 69.7 Å². The van der Waals surface area contributed by atoms with Gasteiger partial charge in [-0.3, -0.25) is 4.79 Å². The second kappa shape index (κ2) is 8.78. The summed E-state index contributed by atoms with van der Waals surface area (Å²) in [6.07, 6.45) is 0.722. The van der Waals surface area contributed by atoms with Gasteiger partial charge < -0.3 is 10.2 Å². The fourth-order valence-corrected chi connectivity index (χ4v) is 4.47. The van der Waals surface area contributed by atoms with Gasteiger partial charge in [0, 0.05) is 32.7 Å². The summed E-state index contributed by atoms with van der Waals surface area (Å²) in [5.74, 6) is 0.242. The van der Waals surface area contributed by atoms with Crippen LogP contribution in [0.15, 0.2) is 29.2 Å². The molecule has 1 amide bonds. The quantitative estimate of drug-likeness (QED) is 0.792. The van der Waals surface area contributed by atoms with E-state index < -0.39 is 10.0 Å². The number of hydrogen-bond acceptors (Lipinski definition) is 4. The van der Waals surface area contributed by atoms with Gasteiger partial charge in [0.2, 0.25) is 15.9 Å². The zero-order valence-electron chi connectivity index (χ0n) is 15.4. The summed E-state index contributed by atoms with van der Waals surface area (Å²) < 4.78 is 27.6. The SMILES string of the molecule is Cc1ccccc1S(=O)(=O)N(CCC(C)C)CC(=O)N1CCNCC1. The van der Waals surface area contributed by atoms with Gasteiger partial charge in [-0.1, -0.05) is 32.0 Å². The summed E-state index contributed by atoms with van der Waals surface area (Å²) in [6, 6.07) is 6.94. The Morgan fingerprint density at radius 3 is 2.48 bits per heavy atom. The highest BCUT2D eigenvalue weighted by Gasteiger charge is 2.29. The Labute approximate surface area is 151 Å². The minimum absolute atomic E-state index is 0.0939. The molecule has 1 saturated heterocycles. The molecular formula is C18H29N3O3S. The molecule has 0 atom stereocenters. The van der Waals surface area contributed by atoms with Gasteiger partial charge in [0.05, 0.1) is 11.4 Å². The standard InChI is InChI=1S/C18H29N3O3S/c1-15(2)8-11-21(14-18(22)20-12-9-19-10-13-20)25(23,24)17-7-5-4-6-16(17)3/h4-7,15,19H,8-14H2,1-3H3. The maximum Gasteiger partial charge on any atom is 0.243 e. The highest BCUT2D eigenvalue weighted by Crippen LogP contribution is 2.20. The van der Waals surface area contributed by atoms with E-state index in [0.717, 1.165) is 19.5 Å². The maximum atomic E-state index is 13.1. The van der Waals surface area contributed by atoms with Crippen LogP contribution >= 0.6 is 0 Å². The smallest absolute Gasteiger partial charge is 0.243 e. The summed E-state index contributed by atoms with van der Waals surface area (Å²) in [5.41, 5.74) is 0.701. The first-order chi connectivity index (χ1) is 11.8. The first kappa shape index (κ1) is 19.9. The van der Waals surface area contributed by atoms with Gasteiger partial charge in [0.15, 0.2) is 0 Å². The number of carbonyl (C=O) groups is 1. The molecule has 0 aliphatic carbocycles. The molecule has 0 radical (unpaired) electrons. The molecule has 0 saturated carbocycles. The van der Waals surface area contributed by atoms with Crippen molar-refractivity contribution in [3.8, 4) is 0 Å². The monoisotopic (exact) mass is 367 g/mol. The third-order valence-electron chi connectivity index (χ3n) is 4.45. The average molecular weight is 368 g/mol. The predicted molar refractivity (Wildman–Crippen MR) is 98.8 cm³/mol. The Balaban J connectivity index is 2.22. The number of piperazine rings is 1. The van der Waals surface area contributed by atoms with E-state index in [0.29, 0.717) is 31.1 Å². The number of sulfonamides is 1. The Morgan fingerprint density at radius 1 is 1.24 bits per heavy atom. The molecule has 1 aliphatic rings. The number of benzene rings is 1. The summed E-state index contributed by atoms with van der Waals surface area (Å²) in [4.78, 5) is 14.6. The fourth-order valence-electron chi connectivity index (χ4n) is 2.84. The minimum Gasteiger partial charge on any atom is -0.339 e. The molecule has 1 aromatic rings. The molecule has 0 unspecified atom stereocenters. The van der Waals surface area contributed by atoms with Crippen LogP contribution in [0.4, 0.5) is 0 Å². The predicted octanol–water partition coefficient (Wildman–Crippen LogP) is 1.46. The van der Waals surface area contributed by atoms with E-state index in [9.17, 15) is 13.2 Å². The van der Waals surface area contributed by atoms with Crippen LogP contribution in [0.2, 0.25) is 0 Å². The van der Waals surface area contributed by atoms with Crippen LogP contribution in [0.5, 0.6) is 0 Å². The first-order valence-corrected chi connectivity index (χ1v) is 10.3. The van der Waals surface area contributed by atoms with Crippen molar-refractivity contribution in [2.24, 2.45) is 5.92 Å². The molecule has 1 aliphatic heterocycles. The van der Waals surface area contributed by atoms with E-state index in [-0.39, 0.29) is 17.3 Å². The van der Waals surface area contributed by atoms with E-state index in [2.05, 4.69) is 19.2 Å². The highest BCUT2D eigenvalue weighted by molar-refractivity contribution is 7.89. The second-order valence-electron chi connectivity index (χ2n) is 6.92. The minimum atomic E-state index is -3.69. The van der Waals surface area contributed by atoms with Gasteiger partial charge in [-0.15, -0.1) is 0 Å². The molecule has 1 heterocycles. The lowest BCUT2D eigenvalue weighted by molar-refractivity contribution is -0.132. The van der Waals surface area contributed by atoms with E-state index in [1.54, 1.807) is 30.0 Å². The van der Waals surface area contributed by atoms with Gasteiger partial charge in [0.1, 0.15) is 0 Å². The van der Waals surface area contributed by atoms with Crippen molar-refractivity contribution in [3.63, 3.8) is 0 Å². The first-order valence-electron chi connectivity index (χ1n) is 8.86. The van der Waals surface area contributed by atoms with Gasteiger partial charge in [0.25, 0.3) is 0 Å². The Bertz CT molecular complexity index is 683. The van der Waals surface area contributed by atoms with Gasteiger partial charge in [-0.2, -0.15) is 4.31 Å². The van der Waals surface area contributed by atoms with Crippen molar-refractivity contribution in [3.05, 3.63) is 29.8 Å². The van der Waals surface area contributed by atoms with Crippen LogP contribution in [0, 0.1) is 12.8 Å². The summed E-state index contributed by atoms with van der Waals surface area (Å²) in [7, 11) is -3.69. The normalized spacial score (nSPS) is 15.8. The number of carbonyl (C=O) groups excluding carboxylic acids is 1. The molecule has 1 fully saturated rings.